The average molecular weight is 409 g/mol. The highest BCUT2D eigenvalue weighted by Gasteiger charge is 2.40. The Balaban J connectivity index is 1.85. The molecule has 28 heavy (non-hydrogen) atoms. The Bertz CT molecular complexity index is 1150. The van der Waals surface area contributed by atoms with Gasteiger partial charge in [-0.3, -0.25) is 4.98 Å². The fourth-order valence-corrected chi connectivity index (χ4v) is 2.90. The first-order valence-electron chi connectivity index (χ1n) is 7.83. The summed E-state index contributed by atoms with van der Waals surface area (Å²) in [6.45, 7) is 0. The summed E-state index contributed by atoms with van der Waals surface area (Å²) in [5.74, 6) is -0.875. The van der Waals surface area contributed by atoms with Gasteiger partial charge in [-0.15, -0.1) is 0 Å². The lowest BCUT2D eigenvalue weighted by Gasteiger charge is -2.12. The van der Waals surface area contributed by atoms with E-state index in [2.05, 4.69) is 15.2 Å². The number of pyridine rings is 1. The van der Waals surface area contributed by atoms with Gasteiger partial charge in [-0.1, -0.05) is 22.8 Å². The van der Waals surface area contributed by atoms with E-state index in [1.807, 2.05) is 0 Å². The van der Waals surface area contributed by atoms with E-state index in [0.717, 1.165) is 17.1 Å². The van der Waals surface area contributed by atoms with Gasteiger partial charge in [0, 0.05) is 22.8 Å². The van der Waals surface area contributed by atoms with Crippen LogP contribution in [0.15, 0.2) is 59.5 Å². The molecule has 5 nitrogen and oxygen atoms in total. The largest absolute Gasteiger partial charge is 0.434 e. The van der Waals surface area contributed by atoms with E-state index in [9.17, 15) is 17.6 Å². The van der Waals surface area contributed by atoms with Crippen molar-refractivity contribution in [2.75, 3.05) is 0 Å². The van der Waals surface area contributed by atoms with Crippen molar-refractivity contribution in [3.05, 3.63) is 71.5 Å². The maximum atomic E-state index is 13.9. The van der Waals surface area contributed by atoms with E-state index in [1.54, 1.807) is 0 Å². The molecular weight excluding hydrogens is 400 g/mol. The second-order valence-corrected chi connectivity index (χ2v) is 6.16. The summed E-state index contributed by atoms with van der Waals surface area (Å²) in [4.78, 5) is 3.62. The Labute approximate surface area is 160 Å². The molecule has 0 unspecified atom stereocenters. The second kappa shape index (κ2) is 6.75. The van der Waals surface area contributed by atoms with Crippen LogP contribution < -0.4 is 0 Å². The first kappa shape index (κ1) is 18.2. The number of halogens is 5. The molecule has 1 aromatic carbocycles. The zero-order valence-corrected chi connectivity index (χ0v) is 14.5. The number of alkyl halides is 3. The van der Waals surface area contributed by atoms with Crippen molar-refractivity contribution in [2.45, 2.75) is 6.18 Å². The van der Waals surface area contributed by atoms with Gasteiger partial charge in [-0.05, 0) is 24.3 Å². The first-order chi connectivity index (χ1) is 13.3. The molecule has 3 heterocycles. The van der Waals surface area contributed by atoms with E-state index in [4.69, 9.17) is 16.1 Å². The third kappa shape index (κ3) is 3.24. The Morgan fingerprint density at radius 3 is 2.57 bits per heavy atom. The standard InChI is InChI=1S/C18H9ClF4N4O/c19-10-2-1-3-11(6-10)27-17(18(21,22)23)13(8-25-27)16-7-15(26-28-16)12-4-5-24-9-14(12)20/h1-9H. The van der Waals surface area contributed by atoms with E-state index >= 15 is 0 Å². The summed E-state index contributed by atoms with van der Waals surface area (Å²) in [7, 11) is 0. The van der Waals surface area contributed by atoms with Crippen LogP contribution in [0.1, 0.15) is 5.69 Å². The van der Waals surface area contributed by atoms with Crippen molar-refractivity contribution in [1.29, 1.82) is 0 Å². The van der Waals surface area contributed by atoms with Gasteiger partial charge >= 0.3 is 6.18 Å². The predicted molar refractivity (Wildman–Crippen MR) is 92.3 cm³/mol. The van der Waals surface area contributed by atoms with Gasteiger partial charge in [-0.25, -0.2) is 9.07 Å². The minimum atomic E-state index is -4.75. The lowest BCUT2D eigenvalue weighted by atomic mass is 10.1. The van der Waals surface area contributed by atoms with Crippen LogP contribution in [-0.4, -0.2) is 19.9 Å². The molecule has 0 saturated carbocycles. The predicted octanol–water partition coefficient (Wildman–Crippen LogP) is 5.40. The van der Waals surface area contributed by atoms with Crippen LogP contribution >= 0.6 is 11.6 Å². The molecule has 3 aromatic heterocycles. The van der Waals surface area contributed by atoms with Gasteiger partial charge in [0.05, 0.1) is 23.6 Å². The van der Waals surface area contributed by atoms with Crippen molar-refractivity contribution in [2.24, 2.45) is 0 Å². The second-order valence-electron chi connectivity index (χ2n) is 5.73. The van der Waals surface area contributed by atoms with Crippen LogP contribution in [0.3, 0.4) is 0 Å². The van der Waals surface area contributed by atoms with Crippen molar-refractivity contribution < 1.29 is 22.1 Å². The lowest BCUT2D eigenvalue weighted by Crippen LogP contribution is -2.14. The van der Waals surface area contributed by atoms with Gasteiger partial charge in [0.15, 0.2) is 17.3 Å². The molecule has 0 N–H and O–H groups in total. The molecular formula is C18H9ClF4N4O. The average Bonchev–Trinajstić information content (AvgIpc) is 3.29. The van der Waals surface area contributed by atoms with Crippen LogP contribution in [0.25, 0.3) is 28.3 Å². The first-order valence-corrected chi connectivity index (χ1v) is 8.20. The maximum absolute atomic E-state index is 13.9. The Kier molecular flexibility index (Phi) is 4.38. The monoisotopic (exact) mass is 408 g/mol. The molecule has 0 aliphatic heterocycles. The summed E-state index contributed by atoms with van der Waals surface area (Å²) in [6.07, 6.45) is -1.42. The zero-order chi connectivity index (χ0) is 19.9. The third-order valence-corrected chi connectivity index (χ3v) is 4.15. The number of rotatable bonds is 3. The molecule has 0 fully saturated rings. The van der Waals surface area contributed by atoms with E-state index in [0.29, 0.717) is 0 Å². The van der Waals surface area contributed by atoms with Gasteiger partial charge in [0.1, 0.15) is 5.69 Å². The highest BCUT2D eigenvalue weighted by atomic mass is 35.5. The van der Waals surface area contributed by atoms with Gasteiger partial charge in [0.25, 0.3) is 0 Å². The normalized spacial score (nSPS) is 11.8. The Morgan fingerprint density at radius 2 is 1.86 bits per heavy atom. The molecule has 0 spiro atoms. The quantitative estimate of drug-likeness (QED) is 0.426. The number of aromatic nitrogens is 4. The molecule has 0 atom stereocenters. The molecule has 0 aliphatic carbocycles. The molecule has 0 amide bonds. The van der Waals surface area contributed by atoms with Crippen LogP contribution in [0.4, 0.5) is 17.6 Å². The summed E-state index contributed by atoms with van der Waals surface area (Å²) >= 11 is 5.88. The molecule has 142 valence electrons. The number of hydrogen-bond donors (Lipinski definition) is 0. The molecule has 0 aliphatic rings. The number of nitrogens with zero attached hydrogens (tertiary/aromatic N) is 4. The highest BCUT2D eigenvalue weighted by Crippen LogP contribution is 2.39. The minimum Gasteiger partial charge on any atom is -0.356 e. The topological polar surface area (TPSA) is 56.7 Å². The molecule has 0 saturated heterocycles. The van der Waals surface area contributed by atoms with Crippen molar-refractivity contribution in [3.63, 3.8) is 0 Å². The van der Waals surface area contributed by atoms with Crippen molar-refractivity contribution in [1.82, 2.24) is 19.9 Å². The number of benzene rings is 1. The molecule has 4 aromatic rings. The number of hydrogen-bond acceptors (Lipinski definition) is 4. The van der Waals surface area contributed by atoms with Crippen molar-refractivity contribution >= 4 is 11.6 Å². The smallest absolute Gasteiger partial charge is 0.356 e. The Morgan fingerprint density at radius 1 is 1.04 bits per heavy atom. The summed E-state index contributed by atoms with van der Waals surface area (Å²) < 4.78 is 61.0. The lowest BCUT2D eigenvalue weighted by molar-refractivity contribution is -0.142. The van der Waals surface area contributed by atoms with Gasteiger partial charge < -0.3 is 4.52 Å². The van der Waals surface area contributed by atoms with Crippen LogP contribution in [-0.2, 0) is 6.18 Å². The fraction of sp³-hybridized carbons (Fsp3) is 0.0556. The fourth-order valence-electron chi connectivity index (χ4n) is 2.72. The summed E-state index contributed by atoms with van der Waals surface area (Å²) in [5.41, 5.74) is -1.17. The SMILES string of the molecule is Fc1cnccc1-c1cc(-c2cnn(-c3cccc(Cl)c3)c2C(F)(F)F)on1. The minimum absolute atomic E-state index is 0.0403. The Hall–Kier alpha value is -3.20. The molecule has 0 radical (unpaired) electrons. The molecule has 0 bridgehead atoms. The van der Waals surface area contributed by atoms with E-state index < -0.39 is 17.7 Å². The van der Waals surface area contributed by atoms with Gasteiger partial charge in [0.2, 0.25) is 0 Å². The summed E-state index contributed by atoms with van der Waals surface area (Å²) in [5, 5.41) is 7.77. The van der Waals surface area contributed by atoms with Crippen LogP contribution in [0.2, 0.25) is 5.02 Å². The third-order valence-electron chi connectivity index (χ3n) is 3.91. The van der Waals surface area contributed by atoms with Gasteiger partial charge in [-0.2, -0.15) is 18.3 Å². The summed E-state index contributed by atoms with van der Waals surface area (Å²) in [6, 6.07) is 8.40. The van der Waals surface area contributed by atoms with Crippen LogP contribution in [0, 0.1) is 5.82 Å². The zero-order valence-electron chi connectivity index (χ0n) is 13.8. The van der Waals surface area contributed by atoms with Crippen LogP contribution in [0.5, 0.6) is 0 Å². The van der Waals surface area contributed by atoms with Crippen molar-refractivity contribution in [3.8, 4) is 28.3 Å². The molecule has 4 rings (SSSR count). The highest BCUT2D eigenvalue weighted by molar-refractivity contribution is 6.30. The van der Waals surface area contributed by atoms with E-state index in [-0.39, 0.29) is 33.3 Å². The molecule has 10 heteroatoms. The van der Waals surface area contributed by atoms with E-state index in [1.165, 1.54) is 42.6 Å². The maximum Gasteiger partial charge on any atom is 0.434 e.